The number of ether oxygens (including phenoxy) is 1. The van der Waals surface area contributed by atoms with Gasteiger partial charge in [0.2, 0.25) is 0 Å². The van der Waals surface area contributed by atoms with E-state index in [0.29, 0.717) is 18.9 Å². The largest absolute Gasteiger partial charge is 0.466 e. The van der Waals surface area contributed by atoms with Gasteiger partial charge in [-0.3, -0.25) is 4.79 Å². The fourth-order valence-electron chi connectivity index (χ4n) is 1.16. The third-order valence-corrected chi connectivity index (χ3v) is 2.57. The first kappa shape index (κ1) is 12.4. The van der Waals surface area contributed by atoms with Crippen LogP contribution in [0.5, 0.6) is 0 Å². The summed E-state index contributed by atoms with van der Waals surface area (Å²) in [6.45, 7) is 8.25. The van der Waals surface area contributed by atoms with Crippen molar-refractivity contribution in [2.75, 3.05) is 6.61 Å². The maximum atomic E-state index is 11.2. The summed E-state index contributed by atoms with van der Waals surface area (Å²) < 4.78 is 4.85. The van der Waals surface area contributed by atoms with Gasteiger partial charge in [-0.25, -0.2) is 0 Å². The zero-order valence-electron chi connectivity index (χ0n) is 9.09. The summed E-state index contributed by atoms with van der Waals surface area (Å²) in [5.41, 5.74) is 5.56. The van der Waals surface area contributed by atoms with Crippen molar-refractivity contribution in [2.24, 2.45) is 11.7 Å². The topological polar surface area (TPSA) is 52.3 Å². The van der Waals surface area contributed by atoms with Crippen LogP contribution >= 0.6 is 0 Å². The van der Waals surface area contributed by atoms with E-state index in [0.717, 1.165) is 6.42 Å². The van der Waals surface area contributed by atoms with Crippen LogP contribution in [0.2, 0.25) is 0 Å². The minimum Gasteiger partial charge on any atom is -0.466 e. The Bertz CT molecular complexity index is 166. The van der Waals surface area contributed by atoms with Crippen LogP contribution in [0, 0.1) is 5.92 Å². The van der Waals surface area contributed by atoms with Crippen molar-refractivity contribution in [3.63, 3.8) is 0 Å². The Balaban J connectivity index is 4.08. The molecule has 0 spiro atoms. The Morgan fingerprint density at radius 3 is 2.46 bits per heavy atom. The van der Waals surface area contributed by atoms with Crippen LogP contribution in [0.4, 0.5) is 0 Å². The first-order valence-electron chi connectivity index (χ1n) is 4.88. The smallest absolute Gasteiger partial charge is 0.307 e. The zero-order valence-corrected chi connectivity index (χ0v) is 9.09. The minimum absolute atomic E-state index is 0.201. The number of hydrogen-bond donors (Lipinski definition) is 1. The molecule has 2 atom stereocenters. The van der Waals surface area contributed by atoms with Crippen LogP contribution in [0.3, 0.4) is 0 Å². The van der Waals surface area contributed by atoms with Gasteiger partial charge in [0, 0.05) is 5.54 Å². The van der Waals surface area contributed by atoms with Gasteiger partial charge in [0.05, 0.1) is 13.0 Å². The molecule has 3 heteroatoms. The van der Waals surface area contributed by atoms with Gasteiger partial charge < -0.3 is 10.5 Å². The van der Waals surface area contributed by atoms with Crippen LogP contribution in [-0.4, -0.2) is 18.1 Å². The molecule has 0 aliphatic heterocycles. The first-order valence-corrected chi connectivity index (χ1v) is 4.88. The monoisotopic (exact) mass is 187 g/mol. The average Bonchev–Trinajstić information content (AvgIpc) is 2.02. The van der Waals surface area contributed by atoms with Crippen molar-refractivity contribution in [1.82, 2.24) is 0 Å². The number of rotatable bonds is 5. The SMILES string of the molecule is CCOC(=O)CC(C)(N)C(C)CC. The summed E-state index contributed by atoms with van der Waals surface area (Å²) in [4.78, 5) is 11.2. The third kappa shape index (κ3) is 4.27. The molecule has 2 N–H and O–H groups in total. The molecular formula is C10H21NO2. The molecule has 0 heterocycles. The molecule has 0 amide bonds. The lowest BCUT2D eigenvalue weighted by molar-refractivity contribution is -0.144. The standard InChI is InChI=1S/C10H21NO2/c1-5-8(3)10(4,11)7-9(12)13-6-2/h8H,5-7,11H2,1-4H3. The summed E-state index contributed by atoms with van der Waals surface area (Å²) in [5, 5.41) is 0. The highest BCUT2D eigenvalue weighted by Gasteiger charge is 2.28. The Hall–Kier alpha value is -0.570. The highest BCUT2D eigenvalue weighted by atomic mass is 16.5. The summed E-state index contributed by atoms with van der Waals surface area (Å²) in [7, 11) is 0. The zero-order chi connectivity index (χ0) is 10.5. The van der Waals surface area contributed by atoms with Crippen molar-refractivity contribution in [1.29, 1.82) is 0 Å². The van der Waals surface area contributed by atoms with Crippen LogP contribution in [0.15, 0.2) is 0 Å². The maximum absolute atomic E-state index is 11.2. The molecule has 0 aromatic carbocycles. The van der Waals surface area contributed by atoms with Gasteiger partial charge in [0.15, 0.2) is 0 Å². The van der Waals surface area contributed by atoms with E-state index in [-0.39, 0.29) is 5.97 Å². The average molecular weight is 187 g/mol. The van der Waals surface area contributed by atoms with Gasteiger partial charge in [-0.2, -0.15) is 0 Å². The van der Waals surface area contributed by atoms with Gasteiger partial charge in [0.25, 0.3) is 0 Å². The fourth-order valence-corrected chi connectivity index (χ4v) is 1.16. The van der Waals surface area contributed by atoms with Crippen LogP contribution in [0.1, 0.15) is 40.5 Å². The van der Waals surface area contributed by atoms with Crippen LogP contribution in [0.25, 0.3) is 0 Å². The van der Waals surface area contributed by atoms with Gasteiger partial charge in [0.1, 0.15) is 0 Å². The molecular weight excluding hydrogens is 166 g/mol. The maximum Gasteiger partial charge on any atom is 0.307 e. The predicted octanol–water partition coefficient (Wildman–Crippen LogP) is 1.70. The van der Waals surface area contributed by atoms with Crippen molar-refractivity contribution in [3.8, 4) is 0 Å². The summed E-state index contributed by atoms with van der Waals surface area (Å²) in [6.07, 6.45) is 1.28. The Labute approximate surface area is 80.6 Å². The molecule has 0 fully saturated rings. The highest BCUT2D eigenvalue weighted by Crippen LogP contribution is 2.21. The fraction of sp³-hybridized carbons (Fsp3) is 0.900. The van der Waals surface area contributed by atoms with Gasteiger partial charge >= 0.3 is 5.97 Å². The number of carbonyl (C=O) groups is 1. The van der Waals surface area contributed by atoms with Crippen molar-refractivity contribution in [3.05, 3.63) is 0 Å². The molecule has 0 aromatic rings. The molecule has 0 saturated carbocycles. The van der Waals surface area contributed by atoms with Gasteiger partial charge in [-0.05, 0) is 19.8 Å². The molecule has 0 aliphatic rings. The highest BCUT2D eigenvalue weighted by molar-refractivity contribution is 5.70. The van der Waals surface area contributed by atoms with E-state index in [1.54, 1.807) is 6.92 Å². The summed E-state index contributed by atoms with van der Waals surface area (Å²) >= 11 is 0. The molecule has 78 valence electrons. The van der Waals surface area contributed by atoms with E-state index < -0.39 is 5.54 Å². The van der Waals surface area contributed by atoms with Crippen LogP contribution in [-0.2, 0) is 9.53 Å². The lowest BCUT2D eigenvalue weighted by atomic mass is 9.83. The van der Waals surface area contributed by atoms with Crippen LogP contribution < -0.4 is 5.73 Å². The van der Waals surface area contributed by atoms with Crippen molar-refractivity contribution >= 4 is 5.97 Å². The molecule has 0 saturated heterocycles. The predicted molar refractivity (Wildman–Crippen MR) is 53.3 cm³/mol. The number of hydrogen-bond acceptors (Lipinski definition) is 3. The van der Waals surface area contributed by atoms with Gasteiger partial charge in [-0.15, -0.1) is 0 Å². The van der Waals surface area contributed by atoms with E-state index in [1.165, 1.54) is 0 Å². The second-order valence-corrected chi connectivity index (χ2v) is 3.80. The van der Waals surface area contributed by atoms with Crippen molar-refractivity contribution in [2.45, 2.75) is 46.1 Å². The van der Waals surface area contributed by atoms with E-state index in [1.807, 2.05) is 6.92 Å². The van der Waals surface area contributed by atoms with E-state index in [2.05, 4.69) is 13.8 Å². The summed E-state index contributed by atoms with van der Waals surface area (Å²) in [5.74, 6) is 0.129. The van der Waals surface area contributed by atoms with Gasteiger partial charge in [-0.1, -0.05) is 20.3 Å². The second kappa shape index (κ2) is 5.22. The second-order valence-electron chi connectivity index (χ2n) is 3.80. The number of esters is 1. The Morgan fingerprint density at radius 2 is 2.08 bits per heavy atom. The molecule has 0 aliphatic carbocycles. The Morgan fingerprint density at radius 1 is 1.54 bits per heavy atom. The summed E-state index contributed by atoms with van der Waals surface area (Å²) in [6, 6.07) is 0. The van der Waals surface area contributed by atoms with E-state index in [4.69, 9.17) is 10.5 Å². The quantitative estimate of drug-likeness (QED) is 0.666. The molecule has 0 rings (SSSR count). The molecule has 3 nitrogen and oxygen atoms in total. The normalized spacial score (nSPS) is 17.6. The molecule has 0 bridgehead atoms. The number of carbonyl (C=O) groups excluding carboxylic acids is 1. The third-order valence-electron chi connectivity index (χ3n) is 2.57. The van der Waals surface area contributed by atoms with Crippen molar-refractivity contribution < 1.29 is 9.53 Å². The first-order chi connectivity index (χ1) is 5.94. The van der Waals surface area contributed by atoms with E-state index >= 15 is 0 Å². The molecule has 2 unspecified atom stereocenters. The molecule has 0 radical (unpaired) electrons. The van der Waals surface area contributed by atoms with E-state index in [9.17, 15) is 4.79 Å². The lowest BCUT2D eigenvalue weighted by Crippen LogP contribution is -2.44. The Kier molecular flexibility index (Phi) is 4.99. The lowest BCUT2D eigenvalue weighted by Gasteiger charge is -2.29. The molecule has 13 heavy (non-hydrogen) atoms. The molecule has 0 aromatic heterocycles. The minimum atomic E-state index is -0.443. The number of nitrogens with two attached hydrogens (primary N) is 1.